The molecule has 1 heterocycles. The summed E-state index contributed by atoms with van der Waals surface area (Å²) in [5.41, 5.74) is 1.22. The summed E-state index contributed by atoms with van der Waals surface area (Å²) in [7, 11) is 1.52. The lowest BCUT2D eigenvalue weighted by atomic mass is 10.00. The monoisotopic (exact) mass is 328 g/mol. The van der Waals surface area contributed by atoms with Gasteiger partial charge < -0.3 is 19.3 Å². The SMILES string of the molecule is CO[C@H]1C[C@@H](O)[C@@H]([C@H](OC(=O)c2ccccc2)c2ccccc2)O1. The smallest absolute Gasteiger partial charge is 0.338 e. The number of rotatable bonds is 5. The number of esters is 1. The van der Waals surface area contributed by atoms with E-state index in [2.05, 4.69) is 0 Å². The Kier molecular flexibility index (Phi) is 5.25. The summed E-state index contributed by atoms with van der Waals surface area (Å²) in [6.45, 7) is 0. The first kappa shape index (κ1) is 16.6. The summed E-state index contributed by atoms with van der Waals surface area (Å²) >= 11 is 0. The van der Waals surface area contributed by atoms with Gasteiger partial charge in [-0.05, 0) is 17.7 Å². The molecule has 0 amide bonds. The van der Waals surface area contributed by atoms with Gasteiger partial charge in [0.05, 0.1) is 11.7 Å². The highest BCUT2D eigenvalue weighted by atomic mass is 16.7. The van der Waals surface area contributed by atoms with Crippen LogP contribution in [0.25, 0.3) is 0 Å². The Bertz CT molecular complexity index is 658. The average molecular weight is 328 g/mol. The van der Waals surface area contributed by atoms with Crippen molar-refractivity contribution in [1.29, 1.82) is 0 Å². The number of ether oxygens (including phenoxy) is 3. The van der Waals surface area contributed by atoms with E-state index in [4.69, 9.17) is 14.2 Å². The van der Waals surface area contributed by atoms with Crippen LogP contribution in [0.15, 0.2) is 60.7 Å². The van der Waals surface area contributed by atoms with Gasteiger partial charge in [0.1, 0.15) is 6.10 Å². The molecule has 5 heteroatoms. The summed E-state index contributed by atoms with van der Waals surface area (Å²) in [4.78, 5) is 12.5. The van der Waals surface area contributed by atoms with E-state index >= 15 is 0 Å². The molecule has 1 N–H and O–H groups in total. The highest BCUT2D eigenvalue weighted by Gasteiger charge is 2.42. The minimum atomic E-state index is -0.774. The van der Waals surface area contributed by atoms with Crippen LogP contribution in [0.2, 0.25) is 0 Å². The van der Waals surface area contributed by atoms with Gasteiger partial charge in [-0.3, -0.25) is 0 Å². The van der Waals surface area contributed by atoms with Gasteiger partial charge in [-0.1, -0.05) is 48.5 Å². The molecular weight excluding hydrogens is 308 g/mol. The van der Waals surface area contributed by atoms with Gasteiger partial charge in [0.15, 0.2) is 12.4 Å². The number of aliphatic hydroxyl groups is 1. The Morgan fingerprint density at radius 1 is 1.12 bits per heavy atom. The molecule has 1 aliphatic heterocycles. The third-order valence-corrected chi connectivity index (χ3v) is 4.05. The summed E-state index contributed by atoms with van der Waals surface area (Å²) in [6, 6.07) is 18.0. The quantitative estimate of drug-likeness (QED) is 0.855. The fraction of sp³-hybridized carbons (Fsp3) is 0.316. The predicted octanol–water partition coefficient (Wildman–Crippen LogP) is 2.71. The van der Waals surface area contributed by atoms with Crippen molar-refractivity contribution in [2.24, 2.45) is 0 Å². The fourth-order valence-corrected chi connectivity index (χ4v) is 2.80. The molecule has 0 radical (unpaired) electrons. The number of carbonyl (C=O) groups excluding carboxylic acids is 1. The third-order valence-electron chi connectivity index (χ3n) is 4.05. The summed E-state index contributed by atoms with van der Waals surface area (Å²) in [5.74, 6) is -0.457. The molecule has 0 unspecified atom stereocenters. The van der Waals surface area contributed by atoms with Crippen LogP contribution in [0.3, 0.4) is 0 Å². The van der Waals surface area contributed by atoms with Crippen LogP contribution in [-0.4, -0.2) is 36.7 Å². The Morgan fingerprint density at radius 3 is 2.33 bits per heavy atom. The van der Waals surface area contributed by atoms with Crippen molar-refractivity contribution in [3.63, 3.8) is 0 Å². The van der Waals surface area contributed by atoms with E-state index in [1.807, 2.05) is 36.4 Å². The van der Waals surface area contributed by atoms with Crippen molar-refractivity contribution in [2.75, 3.05) is 7.11 Å². The second-order valence-electron chi connectivity index (χ2n) is 5.67. The number of benzene rings is 2. The first-order valence-electron chi connectivity index (χ1n) is 7.86. The summed E-state index contributed by atoms with van der Waals surface area (Å²) in [5, 5.41) is 10.3. The zero-order valence-electron chi connectivity index (χ0n) is 13.4. The van der Waals surface area contributed by atoms with Crippen LogP contribution in [0.4, 0.5) is 0 Å². The number of methoxy groups -OCH3 is 1. The molecule has 2 aromatic carbocycles. The van der Waals surface area contributed by atoms with E-state index in [1.54, 1.807) is 24.3 Å². The maximum absolute atomic E-state index is 12.5. The van der Waals surface area contributed by atoms with Crippen molar-refractivity contribution in [2.45, 2.75) is 31.0 Å². The second-order valence-corrected chi connectivity index (χ2v) is 5.67. The molecule has 126 valence electrons. The molecule has 1 fully saturated rings. The van der Waals surface area contributed by atoms with Crippen molar-refractivity contribution in [3.8, 4) is 0 Å². The van der Waals surface area contributed by atoms with Crippen LogP contribution in [0.5, 0.6) is 0 Å². The molecule has 0 spiro atoms. The Balaban J connectivity index is 1.85. The zero-order valence-corrected chi connectivity index (χ0v) is 13.4. The van der Waals surface area contributed by atoms with Gasteiger partial charge in [-0.2, -0.15) is 0 Å². The van der Waals surface area contributed by atoms with E-state index in [0.717, 1.165) is 5.56 Å². The maximum atomic E-state index is 12.5. The number of aliphatic hydroxyl groups excluding tert-OH is 1. The number of carbonyl (C=O) groups is 1. The standard InChI is InChI=1S/C19H20O5/c1-22-16-12-15(20)18(23-16)17(13-8-4-2-5-9-13)24-19(21)14-10-6-3-7-11-14/h2-11,15-18,20H,12H2,1H3/t15-,16-,17-,18+/m1/s1. The highest BCUT2D eigenvalue weighted by Crippen LogP contribution is 2.34. The maximum Gasteiger partial charge on any atom is 0.338 e. The Hall–Kier alpha value is -2.21. The normalized spacial score (nSPS) is 24.5. The molecule has 24 heavy (non-hydrogen) atoms. The molecule has 0 saturated carbocycles. The second kappa shape index (κ2) is 7.57. The average Bonchev–Trinajstić information content (AvgIpc) is 3.01. The van der Waals surface area contributed by atoms with Crippen LogP contribution < -0.4 is 0 Å². The van der Waals surface area contributed by atoms with Crippen molar-refractivity contribution < 1.29 is 24.1 Å². The third kappa shape index (κ3) is 3.64. The predicted molar refractivity (Wildman–Crippen MR) is 87.3 cm³/mol. The first-order valence-corrected chi connectivity index (χ1v) is 7.86. The van der Waals surface area contributed by atoms with E-state index in [-0.39, 0.29) is 0 Å². The molecule has 2 aromatic rings. The molecule has 4 atom stereocenters. The molecular formula is C19H20O5. The van der Waals surface area contributed by atoms with Gasteiger partial charge in [0.2, 0.25) is 0 Å². The lowest BCUT2D eigenvalue weighted by Crippen LogP contribution is -2.32. The van der Waals surface area contributed by atoms with Gasteiger partial charge in [0.25, 0.3) is 0 Å². The van der Waals surface area contributed by atoms with Crippen LogP contribution in [0.1, 0.15) is 28.4 Å². The van der Waals surface area contributed by atoms with Crippen molar-refractivity contribution in [3.05, 3.63) is 71.8 Å². The minimum absolute atomic E-state index is 0.341. The molecule has 1 aliphatic rings. The van der Waals surface area contributed by atoms with E-state index in [9.17, 15) is 9.90 Å². The fourth-order valence-electron chi connectivity index (χ4n) is 2.80. The van der Waals surface area contributed by atoms with Gasteiger partial charge in [0, 0.05) is 13.5 Å². The minimum Gasteiger partial charge on any atom is -0.451 e. The van der Waals surface area contributed by atoms with Gasteiger partial charge >= 0.3 is 5.97 Å². The molecule has 5 nitrogen and oxygen atoms in total. The van der Waals surface area contributed by atoms with Gasteiger partial charge in [-0.15, -0.1) is 0 Å². The van der Waals surface area contributed by atoms with Crippen molar-refractivity contribution >= 4 is 5.97 Å². The topological polar surface area (TPSA) is 65.0 Å². The van der Waals surface area contributed by atoms with Gasteiger partial charge in [-0.25, -0.2) is 4.79 Å². The van der Waals surface area contributed by atoms with Crippen LogP contribution >= 0.6 is 0 Å². The molecule has 0 bridgehead atoms. The van der Waals surface area contributed by atoms with Crippen LogP contribution in [0, 0.1) is 0 Å². The van der Waals surface area contributed by atoms with E-state index in [0.29, 0.717) is 12.0 Å². The largest absolute Gasteiger partial charge is 0.451 e. The van der Waals surface area contributed by atoms with Crippen LogP contribution in [-0.2, 0) is 14.2 Å². The lowest BCUT2D eigenvalue weighted by molar-refractivity contribution is -0.147. The number of hydrogen-bond acceptors (Lipinski definition) is 5. The Labute approximate surface area is 140 Å². The molecule has 0 aliphatic carbocycles. The van der Waals surface area contributed by atoms with E-state index in [1.165, 1.54) is 7.11 Å². The molecule has 1 saturated heterocycles. The molecule has 3 rings (SSSR count). The Morgan fingerprint density at radius 2 is 1.75 bits per heavy atom. The lowest BCUT2D eigenvalue weighted by Gasteiger charge is -2.26. The van der Waals surface area contributed by atoms with Crippen molar-refractivity contribution in [1.82, 2.24) is 0 Å². The number of hydrogen-bond donors (Lipinski definition) is 1. The van der Waals surface area contributed by atoms with E-state index < -0.39 is 30.6 Å². The first-order chi connectivity index (χ1) is 11.7. The summed E-state index contributed by atoms with van der Waals surface area (Å²) < 4.78 is 16.6. The summed E-state index contributed by atoms with van der Waals surface area (Å²) in [6.07, 6.45) is -2.33. The molecule has 0 aromatic heterocycles. The highest BCUT2D eigenvalue weighted by molar-refractivity contribution is 5.89. The zero-order chi connectivity index (χ0) is 16.9.